The fourth-order valence-corrected chi connectivity index (χ4v) is 2.67. The highest BCUT2D eigenvalue weighted by atomic mass is 35.5. The maximum atomic E-state index is 12.4. The summed E-state index contributed by atoms with van der Waals surface area (Å²) in [7, 11) is 4.58. The number of benzene rings is 2. The lowest BCUT2D eigenvalue weighted by atomic mass is 10.2. The summed E-state index contributed by atoms with van der Waals surface area (Å²) in [5.41, 5.74) is 1.09. The predicted octanol–water partition coefficient (Wildman–Crippen LogP) is 4.46. The SMILES string of the molecule is COc1cc(NC(C)C(=O)Nc2cccc(Cl)c2Cl)cc(OC)c1OC. The highest BCUT2D eigenvalue weighted by molar-refractivity contribution is 6.44. The summed E-state index contributed by atoms with van der Waals surface area (Å²) in [5.74, 6) is 1.17. The van der Waals surface area contributed by atoms with Crippen LogP contribution < -0.4 is 24.8 Å². The van der Waals surface area contributed by atoms with Gasteiger partial charge >= 0.3 is 0 Å². The van der Waals surface area contributed by atoms with Crippen LogP contribution >= 0.6 is 23.2 Å². The summed E-state index contributed by atoms with van der Waals surface area (Å²) >= 11 is 12.1. The summed E-state index contributed by atoms with van der Waals surface area (Å²) in [6.07, 6.45) is 0. The number of ether oxygens (including phenoxy) is 3. The molecule has 2 N–H and O–H groups in total. The molecule has 2 rings (SSSR count). The van der Waals surface area contributed by atoms with Gasteiger partial charge in [0.15, 0.2) is 11.5 Å². The Morgan fingerprint density at radius 2 is 1.65 bits per heavy atom. The van der Waals surface area contributed by atoms with Crippen LogP contribution in [0.4, 0.5) is 11.4 Å². The van der Waals surface area contributed by atoms with Crippen molar-refractivity contribution in [2.45, 2.75) is 13.0 Å². The topological polar surface area (TPSA) is 68.8 Å². The number of hydrogen-bond donors (Lipinski definition) is 2. The number of anilines is 2. The molecule has 26 heavy (non-hydrogen) atoms. The summed E-state index contributed by atoms with van der Waals surface area (Å²) in [4.78, 5) is 12.4. The third-order valence-corrected chi connectivity index (χ3v) is 4.47. The minimum Gasteiger partial charge on any atom is -0.493 e. The van der Waals surface area contributed by atoms with Gasteiger partial charge < -0.3 is 24.8 Å². The van der Waals surface area contributed by atoms with Crippen molar-refractivity contribution in [3.8, 4) is 17.2 Å². The molecule has 0 aliphatic heterocycles. The lowest BCUT2D eigenvalue weighted by Gasteiger charge is -2.19. The number of halogens is 2. The summed E-state index contributed by atoms with van der Waals surface area (Å²) in [6.45, 7) is 1.72. The van der Waals surface area contributed by atoms with Gasteiger partial charge in [-0.2, -0.15) is 0 Å². The zero-order valence-electron chi connectivity index (χ0n) is 14.9. The van der Waals surface area contributed by atoms with Crippen LogP contribution in [0, 0.1) is 0 Å². The molecule has 1 unspecified atom stereocenters. The predicted molar refractivity (Wildman–Crippen MR) is 104 cm³/mol. The molecule has 140 valence electrons. The molecular formula is C18H20Cl2N2O4. The molecule has 0 fully saturated rings. The van der Waals surface area contributed by atoms with Gasteiger partial charge in [-0.15, -0.1) is 0 Å². The van der Waals surface area contributed by atoms with E-state index >= 15 is 0 Å². The van der Waals surface area contributed by atoms with E-state index in [0.29, 0.717) is 38.7 Å². The number of hydrogen-bond acceptors (Lipinski definition) is 5. The number of carbonyl (C=O) groups excluding carboxylic acids is 1. The Labute approximate surface area is 162 Å². The molecule has 0 aromatic heterocycles. The second-order valence-electron chi connectivity index (χ2n) is 5.37. The van der Waals surface area contributed by atoms with E-state index in [0.717, 1.165) is 0 Å². The first kappa shape index (κ1) is 20.0. The van der Waals surface area contributed by atoms with Crippen LogP contribution in [0.1, 0.15) is 6.92 Å². The van der Waals surface area contributed by atoms with Crippen molar-refractivity contribution >= 4 is 40.5 Å². The van der Waals surface area contributed by atoms with E-state index in [1.54, 1.807) is 37.3 Å². The van der Waals surface area contributed by atoms with Gasteiger partial charge in [0.25, 0.3) is 0 Å². The van der Waals surface area contributed by atoms with Crippen molar-refractivity contribution in [3.05, 3.63) is 40.4 Å². The molecule has 1 amide bonds. The molecule has 0 bridgehead atoms. The molecule has 0 saturated carbocycles. The quantitative estimate of drug-likeness (QED) is 0.720. The van der Waals surface area contributed by atoms with Crippen molar-refractivity contribution in [2.24, 2.45) is 0 Å². The standard InChI is InChI=1S/C18H20Cl2N2O4/c1-10(18(23)22-13-7-5-6-12(19)16(13)20)21-11-8-14(24-2)17(26-4)15(9-11)25-3/h5-10,21H,1-4H3,(H,22,23). The molecule has 0 aliphatic rings. The first-order valence-corrected chi connectivity index (χ1v) is 8.48. The Morgan fingerprint density at radius 1 is 1.04 bits per heavy atom. The van der Waals surface area contributed by atoms with Crippen LogP contribution in [0.5, 0.6) is 17.2 Å². The van der Waals surface area contributed by atoms with Gasteiger partial charge in [0, 0.05) is 17.8 Å². The molecular weight excluding hydrogens is 379 g/mol. The van der Waals surface area contributed by atoms with Gasteiger partial charge in [-0.1, -0.05) is 29.3 Å². The maximum absolute atomic E-state index is 12.4. The smallest absolute Gasteiger partial charge is 0.246 e. The molecule has 0 spiro atoms. The average Bonchev–Trinajstić information content (AvgIpc) is 2.64. The Morgan fingerprint density at radius 3 is 2.19 bits per heavy atom. The van der Waals surface area contributed by atoms with Gasteiger partial charge in [0.05, 0.1) is 37.1 Å². The number of amides is 1. The third kappa shape index (κ3) is 4.45. The van der Waals surface area contributed by atoms with Crippen LogP contribution in [0.2, 0.25) is 10.0 Å². The van der Waals surface area contributed by atoms with Gasteiger partial charge in [-0.3, -0.25) is 4.79 Å². The molecule has 8 heteroatoms. The second-order valence-corrected chi connectivity index (χ2v) is 6.16. The zero-order chi connectivity index (χ0) is 19.3. The number of nitrogens with one attached hydrogen (secondary N) is 2. The van der Waals surface area contributed by atoms with Crippen molar-refractivity contribution in [1.82, 2.24) is 0 Å². The molecule has 2 aromatic carbocycles. The molecule has 2 aromatic rings. The molecule has 1 atom stereocenters. The third-order valence-electron chi connectivity index (χ3n) is 3.65. The molecule has 6 nitrogen and oxygen atoms in total. The maximum Gasteiger partial charge on any atom is 0.246 e. The van der Waals surface area contributed by atoms with E-state index < -0.39 is 6.04 Å². The second kappa shape index (κ2) is 8.87. The van der Waals surface area contributed by atoms with E-state index in [1.165, 1.54) is 21.3 Å². The monoisotopic (exact) mass is 398 g/mol. The number of rotatable bonds is 7. The van der Waals surface area contributed by atoms with Gasteiger partial charge in [-0.25, -0.2) is 0 Å². The highest BCUT2D eigenvalue weighted by Crippen LogP contribution is 2.40. The number of carbonyl (C=O) groups is 1. The van der Waals surface area contributed by atoms with E-state index in [4.69, 9.17) is 37.4 Å². The van der Waals surface area contributed by atoms with Crippen molar-refractivity contribution < 1.29 is 19.0 Å². The van der Waals surface area contributed by atoms with Crippen LogP contribution in [0.25, 0.3) is 0 Å². The molecule has 0 saturated heterocycles. The Kier molecular flexibility index (Phi) is 6.83. The Bertz CT molecular complexity index is 774. The summed E-state index contributed by atoms with van der Waals surface area (Å²) in [5, 5.41) is 6.50. The minimum atomic E-state index is -0.562. The molecule has 0 radical (unpaired) electrons. The normalized spacial score (nSPS) is 11.5. The Hall–Kier alpha value is -2.31. The van der Waals surface area contributed by atoms with Gasteiger partial charge in [-0.05, 0) is 19.1 Å². The van der Waals surface area contributed by atoms with Crippen molar-refractivity contribution in [2.75, 3.05) is 32.0 Å². The highest BCUT2D eigenvalue weighted by Gasteiger charge is 2.18. The van der Waals surface area contributed by atoms with Gasteiger partial charge in [0.1, 0.15) is 6.04 Å². The van der Waals surface area contributed by atoms with E-state index in [1.807, 2.05) is 0 Å². The van der Waals surface area contributed by atoms with Crippen molar-refractivity contribution in [3.63, 3.8) is 0 Å². The van der Waals surface area contributed by atoms with E-state index in [9.17, 15) is 4.79 Å². The molecule has 0 aliphatic carbocycles. The Balaban J connectivity index is 2.17. The van der Waals surface area contributed by atoms with Gasteiger partial charge in [0.2, 0.25) is 11.7 Å². The lowest BCUT2D eigenvalue weighted by Crippen LogP contribution is -2.32. The largest absolute Gasteiger partial charge is 0.493 e. The fourth-order valence-electron chi connectivity index (χ4n) is 2.32. The van der Waals surface area contributed by atoms with Crippen molar-refractivity contribution in [1.29, 1.82) is 0 Å². The fraction of sp³-hybridized carbons (Fsp3) is 0.278. The summed E-state index contributed by atoms with van der Waals surface area (Å²) < 4.78 is 15.9. The molecule has 0 heterocycles. The van der Waals surface area contributed by atoms with Crippen LogP contribution in [0.15, 0.2) is 30.3 Å². The van der Waals surface area contributed by atoms with E-state index in [-0.39, 0.29) is 5.91 Å². The first-order valence-electron chi connectivity index (χ1n) is 7.72. The average molecular weight is 399 g/mol. The lowest BCUT2D eigenvalue weighted by molar-refractivity contribution is -0.116. The zero-order valence-corrected chi connectivity index (χ0v) is 16.4. The summed E-state index contributed by atoms with van der Waals surface area (Å²) in [6, 6.07) is 7.92. The first-order chi connectivity index (χ1) is 12.4. The number of methoxy groups -OCH3 is 3. The van der Waals surface area contributed by atoms with Crippen LogP contribution in [0.3, 0.4) is 0 Å². The van der Waals surface area contributed by atoms with Crippen LogP contribution in [-0.2, 0) is 4.79 Å². The van der Waals surface area contributed by atoms with E-state index in [2.05, 4.69) is 10.6 Å². The minimum absolute atomic E-state index is 0.275. The van der Waals surface area contributed by atoms with Crippen LogP contribution in [-0.4, -0.2) is 33.3 Å².